The molecule has 1 heteroatoms. The number of hydrogen-bond donors (Lipinski definition) is 0. The van der Waals surface area contributed by atoms with E-state index in [1.807, 2.05) is 0 Å². The van der Waals surface area contributed by atoms with Gasteiger partial charge in [0.15, 0.2) is 0 Å². The van der Waals surface area contributed by atoms with Gasteiger partial charge in [0, 0.05) is 22.9 Å². The Hall–Kier alpha value is -8.52. The van der Waals surface area contributed by atoms with Crippen LogP contribution in [0.4, 0.5) is 17.1 Å². The van der Waals surface area contributed by atoms with Crippen molar-refractivity contribution in [2.45, 2.75) is 23.2 Å². The van der Waals surface area contributed by atoms with Gasteiger partial charge in [-0.15, -0.1) is 0 Å². The molecule has 0 heterocycles. The second-order valence-corrected chi connectivity index (χ2v) is 18.7. The molecule has 0 spiro atoms. The molecule has 0 fully saturated rings. The molecule has 1 atom stereocenters. The zero-order valence-electron chi connectivity index (χ0n) is 38.3. The lowest BCUT2D eigenvalue weighted by Crippen LogP contribution is -2.30. The van der Waals surface area contributed by atoms with Gasteiger partial charge in [0.25, 0.3) is 0 Å². The number of allylic oxidation sites excluding steroid dienone is 4. The molecule has 0 saturated carbocycles. The summed E-state index contributed by atoms with van der Waals surface area (Å²) in [6.45, 7) is 0. The van der Waals surface area contributed by atoms with Crippen molar-refractivity contribution in [3.63, 3.8) is 0 Å². The summed E-state index contributed by atoms with van der Waals surface area (Å²) < 4.78 is 0. The van der Waals surface area contributed by atoms with Gasteiger partial charge in [-0.1, -0.05) is 249 Å². The van der Waals surface area contributed by atoms with Crippen LogP contribution in [-0.2, 0) is 10.8 Å². The molecule has 3 aliphatic rings. The maximum atomic E-state index is 2.57. The number of benzene rings is 10. The van der Waals surface area contributed by atoms with E-state index in [1.165, 1.54) is 83.5 Å². The molecule has 10 aromatic rings. The minimum absolute atomic E-state index is 0.244. The first kappa shape index (κ1) is 40.7. The van der Waals surface area contributed by atoms with Gasteiger partial charge in [0.2, 0.25) is 0 Å². The van der Waals surface area contributed by atoms with Crippen LogP contribution < -0.4 is 4.90 Å². The van der Waals surface area contributed by atoms with E-state index in [2.05, 4.69) is 284 Å². The molecular formula is C68H49N. The van der Waals surface area contributed by atoms with Gasteiger partial charge in [-0.25, -0.2) is 0 Å². The molecule has 0 amide bonds. The fourth-order valence-electron chi connectivity index (χ4n) is 12.3. The average Bonchev–Trinajstić information content (AvgIpc) is 3.92. The van der Waals surface area contributed by atoms with Crippen molar-refractivity contribution in [3.8, 4) is 33.4 Å². The smallest absolute Gasteiger partial charge is 0.0734 e. The third-order valence-corrected chi connectivity index (χ3v) is 15.1. The standard InChI is InChI=1S/C68H49N/c1-6-23-48(24-7-1)50-45-51(49-25-8-2-9-26-49)47-57(46-50)69(56-43-41-55(42-44-56)67(52-27-10-3-11-28-52)62-37-19-16-33-58(62)59-34-17-20-38-63(59)67)65-40-22-36-61-60-35-18-21-39-64(60)68(66(61)65,53-29-12-4-13-30-53)54-31-14-5-15-32-54/h1-25,27-47,49H,26H2. The summed E-state index contributed by atoms with van der Waals surface area (Å²) >= 11 is 0. The van der Waals surface area contributed by atoms with E-state index in [-0.39, 0.29) is 5.92 Å². The zero-order valence-corrected chi connectivity index (χ0v) is 38.3. The zero-order chi connectivity index (χ0) is 45.8. The second kappa shape index (κ2) is 16.7. The molecule has 326 valence electrons. The van der Waals surface area contributed by atoms with Crippen LogP contribution in [0.1, 0.15) is 62.4 Å². The predicted molar refractivity (Wildman–Crippen MR) is 287 cm³/mol. The third kappa shape index (κ3) is 6.31. The SMILES string of the molecule is C1=CCC(c2cc(-c3ccccc3)cc(N(c3ccc(C4(c5ccccc5)c5ccccc5-c5ccccc54)cc3)c3cccc4c3C(c3ccccc3)(c3ccccc3)c3ccccc3-4)c2)C=C1. The Morgan fingerprint density at radius 1 is 0.348 bits per heavy atom. The molecular weight excluding hydrogens is 831 g/mol. The van der Waals surface area contributed by atoms with Crippen molar-refractivity contribution >= 4 is 17.1 Å². The van der Waals surface area contributed by atoms with E-state index >= 15 is 0 Å². The Kier molecular flexibility index (Phi) is 9.84. The summed E-state index contributed by atoms with van der Waals surface area (Å²) in [6.07, 6.45) is 9.99. The quantitative estimate of drug-likeness (QED) is 0.140. The van der Waals surface area contributed by atoms with E-state index in [9.17, 15) is 0 Å². The summed E-state index contributed by atoms with van der Waals surface area (Å²) in [5, 5.41) is 0. The first-order valence-corrected chi connectivity index (χ1v) is 24.3. The molecule has 3 aliphatic carbocycles. The number of anilines is 3. The summed E-state index contributed by atoms with van der Waals surface area (Å²) in [6, 6.07) is 95.3. The highest BCUT2D eigenvalue weighted by molar-refractivity contribution is 5.95. The molecule has 0 bridgehead atoms. The molecule has 0 saturated heterocycles. The minimum atomic E-state index is -0.616. The highest BCUT2D eigenvalue weighted by Crippen LogP contribution is 2.61. The average molecular weight is 880 g/mol. The highest BCUT2D eigenvalue weighted by Gasteiger charge is 2.49. The van der Waals surface area contributed by atoms with Crippen LogP contribution in [0.3, 0.4) is 0 Å². The Morgan fingerprint density at radius 2 is 0.826 bits per heavy atom. The molecule has 1 unspecified atom stereocenters. The Balaban J connectivity index is 1.11. The first-order chi connectivity index (χ1) is 34.2. The maximum absolute atomic E-state index is 2.57. The fourth-order valence-corrected chi connectivity index (χ4v) is 12.3. The molecule has 0 aliphatic heterocycles. The molecule has 10 aromatic carbocycles. The van der Waals surface area contributed by atoms with Crippen LogP contribution in [0.2, 0.25) is 0 Å². The number of hydrogen-bond acceptors (Lipinski definition) is 1. The highest BCUT2D eigenvalue weighted by atomic mass is 15.1. The van der Waals surface area contributed by atoms with E-state index < -0.39 is 10.8 Å². The van der Waals surface area contributed by atoms with Crippen molar-refractivity contribution in [1.82, 2.24) is 0 Å². The van der Waals surface area contributed by atoms with Crippen molar-refractivity contribution in [2.24, 2.45) is 0 Å². The number of fused-ring (bicyclic) bond motifs is 6. The van der Waals surface area contributed by atoms with Crippen molar-refractivity contribution in [3.05, 3.63) is 329 Å². The fraction of sp³-hybridized carbons (Fsp3) is 0.0588. The largest absolute Gasteiger partial charge is 0.310 e. The van der Waals surface area contributed by atoms with E-state index in [0.29, 0.717) is 0 Å². The van der Waals surface area contributed by atoms with Crippen LogP contribution >= 0.6 is 0 Å². The topological polar surface area (TPSA) is 3.24 Å². The van der Waals surface area contributed by atoms with Crippen LogP contribution in [0.25, 0.3) is 33.4 Å². The maximum Gasteiger partial charge on any atom is 0.0734 e. The normalized spacial score (nSPS) is 15.4. The molecule has 0 radical (unpaired) electrons. The van der Waals surface area contributed by atoms with Gasteiger partial charge >= 0.3 is 0 Å². The van der Waals surface area contributed by atoms with Gasteiger partial charge in [0.1, 0.15) is 0 Å². The van der Waals surface area contributed by atoms with Gasteiger partial charge in [-0.2, -0.15) is 0 Å². The van der Waals surface area contributed by atoms with Gasteiger partial charge in [-0.3, -0.25) is 0 Å². The molecule has 0 N–H and O–H groups in total. The summed E-state index contributed by atoms with van der Waals surface area (Å²) in [5.41, 5.74) is 21.2. The summed E-state index contributed by atoms with van der Waals surface area (Å²) in [4.78, 5) is 2.57. The van der Waals surface area contributed by atoms with Crippen molar-refractivity contribution < 1.29 is 0 Å². The van der Waals surface area contributed by atoms with Gasteiger partial charge in [0.05, 0.1) is 16.5 Å². The monoisotopic (exact) mass is 879 g/mol. The molecule has 1 nitrogen and oxygen atoms in total. The van der Waals surface area contributed by atoms with Crippen LogP contribution in [-0.4, -0.2) is 0 Å². The van der Waals surface area contributed by atoms with Crippen molar-refractivity contribution in [2.75, 3.05) is 4.90 Å². The van der Waals surface area contributed by atoms with Crippen LogP contribution in [0.15, 0.2) is 279 Å². The van der Waals surface area contributed by atoms with E-state index in [4.69, 9.17) is 0 Å². The van der Waals surface area contributed by atoms with Crippen LogP contribution in [0.5, 0.6) is 0 Å². The lowest BCUT2D eigenvalue weighted by atomic mass is 9.67. The Bertz CT molecular complexity index is 3480. The summed E-state index contributed by atoms with van der Waals surface area (Å²) in [5.74, 6) is 0.244. The third-order valence-electron chi connectivity index (χ3n) is 15.1. The van der Waals surface area contributed by atoms with E-state index in [1.54, 1.807) is 0 Å². The summed E-state index contributed by atoms with van der Waals surface area (Å²) in [7, 11) is 0. The van der Waals surface area contributed by atoms with Crippen molar-refractivity contribution in [1.29, 1.82) is 0 Å². The Morgan fingerprint density at radius 3 is 1.39 bits per heavy atom. The van der Waals surface area contributed by atoms with Gasteiger partial charge in [-0.05, 0) is 115 Å². The predicted octanol–water partition coefficient (Wildman–Crippen LogP) is 17.1. The number of rotatable bonds is 9. The second-order valence-electron chi connectivity index (χ2n) is 18.7. The molecule has 13 rings (SSSR count). The lowest BCUT2D eigenvalue weighted by molar-refractivity contribution is 0.766. The molecule has 69 heavy (non-hydrogen) atoms. The minimum Gasteiger partial charge on any atom is -0.310 e. The van der Waals surface area contributed by atoms with E-state index in [0.717, 1.165) is 23.5 Å². The van der Waals surface area contributed by atoms with Crippen LogP contribution in [0, 0.1) is 0 Å². The Labute approximate surface area is 405 Å². The van der Waals surface area contributed by atoms with Gasteiger partial charge < -0.3 is 4.90 Å². The molecule has 0 aromatic heterocycles. The lowest BCUT2D eigenvalue weighted by Gasteiger charge is -2.38. The number of nitrogens with zero attached hydrogens (tertiary/aromatic N) is 1. The first-order valence-electron chi connectivity index (χ1n) is 24.3.